The van der Waals surface area contributed by atoms with Crippen LogP contribution in [0.3, 0.4) is 0 Å². The number of amides is 1. The van der Waals surface area contributed by atoms with Crippen LogP contribution in [0.5, 0.6) is 5.75 Å². The minimum absolute atomic E-state index is 0.0519. The number of hydrogen-bond acceptors (Lipinski definition) is 5. The molecule has 2 aromatic rings. The lowest BCUT2D eigenvalue weighted by molar-refractivity contribution is 0.102. The first-order valence-corrected chi connectivity index (χ1v) is 6.67. The number of rotatable bonds is 5. The first kappa shape index (κ1) is 13.9. The molecule has 1 aromatic heterocycles. The Morgan fingerprint density at radius 3 is 2.90 bits per heavy atom. The lowest BCUT2D eigenvalue weighted by atomic mass is 10.2. The maximum atomic E-state index is 12.0. The van der Waals surface area contributed by atoms with E-state index < -0.39 is 0 Å². The number of carbonyl (C=O) groups is 1. The van der Waals surface area contributed by atoms with Gasteiger partial charge in [-0.05, 0) is 23.6 Å². The van der Waals surface area contributed by atoms with Gasteiger partial charge >= 0.3 is 0 Å². The number of hydrogen-bond donors (Lipinski definition) is 3. The number of para-hydroxylation sites is 2. The highest BCUT2D eigenvalue weighted by molar-refractivity contribution is 7.08. The molecule has 4 N–H and O–H groups in total. The van der Waals surface area contributed by atoms with Gasteiger partial charge in [0, 0.05) is 5.38 Å². The monoisotopic (exact) mass is 291 g/mol. The lowest BCUT2D eigenvalue weighted by Gasteiger charge is -2.11. The fourth-order valence-corrected chi connectivity index (χ4v) is 2.10. The van der Waals surface area contributed by atoms with Crippen molar-refractivity contribution in [2.75, 3.05) is 11.9 Å². The highest BCUT2D eigenvalue weighted by atomic mass is 32.1. The number of oxime groups is 1. The number of benzene rings is 1. The van der Waals surface area contributed by atoms with Gasteiger partial charge < -0.3 is 21.0 Å². The third-order valence-electron chi connectivity index (χ3n) is 2.42. The summed E-state index contributed by atoms with van der Waals surface area (Å²) >= 11 is 1.45. The van der Waals surface area contributed by atoms with Gasteiger partial charge in [-0.3, -0.25) is 4.79 Å². The van der Waals surface area contributed by atoms with E-state index in [-0.39, 0.29) is 18.3 Å². The smallest absolute Gasteiger partial charge is 0.256 e. The SMILES string of the molecule is N/C(COc1ccccc1NC(=O)c1ccsc1)=N\O. The average Bonchev–Trinajstić information content (AvgIpc) is 3.00. The van der Waals surface area contributed by atoms with Gasteiger partial charge in [0.25, 0.3) is 5.91 Å². The summed E-state index contributed by atoms with van der Waals surface area (Å²) < 4.78 is 5.38. The zero-order valence-electron chi connectivity index (χ0n) is 10.4. The summed E-state index contributed by atoms with van der Waals surface area (Å²) in [5.41, 5.74) is 6.45. The van der Waals surface area contributed by atoms with Crippen molar-refractivity contribution in [1.82, 2.24) is 0 Å². The molecule has 0 spiro atoms. The van der Waals surface area contributed by atoms with Crippen LogP contribution in [0.4, 0.5) is 5.69 Å². The van der Waals surface area contributed by atoms with Crippen LogP contribution in [0.1, 0.15) is 10.4 Å². The first-order chi connectivity index (χ1) is 9.70. The van der Waals surface area contributed by atoms with Crippen LogP contribution >= 0.6 is 11.3 Å². The summed E-state index contributed by atoms with van der Waals surface area (Å²) in [7, 11) is 0. The number of nitrogens with one attached hydrogen (secondary N) is 1. The summed E-state index contributed by atoms with van der Waals surface area (Å²) in [4.78, 5) is 12.0. The van der Waals surface area contributed by atoms with Crippen LogP contribution in [-0.2, 0) is 0 Å². The number of ether oxygens (including phenoxy) is 1. The summed E-state index contributed by atoms with van der Waals surface area (Å²) in [5, 5.41) is 17.6. The molecule has 1 amide bonds. The van der Waals surface area contributed by atoms with Crippen molar-refractivity contribution in [3.8, 4) is 5.75 Å². The third-order valence-corrected chi connectivity index (χ3v) is 3.11. The minimum atomic E-state index is -0.217. The molecule has 0 aliphatic heterocycles. The van der Waals surface area contributed by atoms with E-state index in [0.717, 1.165) is 0 Å². The van der Waals surface area contributed by atoms with E-state index in [4.69, 9.17) is 15.7 Å². The molecule has 104 valence electrons. The summed E-state index contributed by atoms with van der Waals surface area (Å²) in [6.45, 7) is -0.0676. The van der Waals surface area contributed by atoms with Crippen molar-refractivity contribution in [2.45, 2.75) is 0 Å². The fraction of sp³-hybridized carbons (Fsp3) is 0.0769. The second-order valence-corrected chi connectivity index (χ2v) is 4.62. The van der Waals surface area contributed by atoms with Crippen LogP contribution in [-0.4, -0.2) is 23.6 Å². The molecule has 1 aromatic carbocycles. The summed E-state index contributed by atoms with van der Waals surface area (Å²) in [6, 6.07) is 8.68. The zero-order chi connectivity index (χ0) is 14.4. The molecule has 2 rings (SSSR count). The molecule has 0 unspecified atom stereocenters. The molecule has 0 atom stereocenters. The molecule has 7 heteroatoms. The number of amidine groups is 1. The molecule has 1 heterocycles. The van der Waals surface area contributed by atoms with E-state index in [1.54, 1.807) is 35.7 Å². The van der Waals surface area contributed by atoms with E-state index in [1.807, 2.05) is 5.38 Å². The Labute approximate surface area is 119 Å². The minimum Gasteiger partial charge on any atom is -0.483 e. The Bertz CT molecular complexity index is 611. The normalized spacial score (nSPS) is 11.1. The van der Waals surface area contributed by atoms with Crippen LogP contribution in [0.2, 0.25) is 0 Å². The molecular formula is C13H13N3O3S. The highest BCUT2D eigenvalue weighted by Gasteiger charge is 2.10. The van der Waals surface area contributed by atoms with E-state index in [1.165, 1.54) is 11.3 Å². The number of carbonyl (C=O) groups excluding carboxylic acids is 1. The third kappa shape index (κ3) is 3.48. The molecular weight excluding hydrogens is 278 g/mol. The van der Waals surface area contributed by atoms with Gasteiger partial charge in [-0.25, -0.2) is 0 Å². The van der Waals surface area contributed by atoms with Crippen LogP contribution in [0, 0.1) is 0 Å². The molecule has 0 fully saturated rings. The Balaban J connectivity index is 2.09. The summed E-state index contributed by atoms with van der Waals surface area (Å²) in [6.07, 6.45) is 0. The van der Waals surface area contributed by atoms with Crippen LogP contribution in [0.15, 0.2) is 46.2 Å². The van der Waals surface area contributed by atoms with E-state index in [0.29, 0.717) is 17.0 Å². The van der Waals surface area contributed by atoms with E-state index >= 15 is 0 Å². The van der Waals surface area contributed by atoms with Crippen molar-refractivity contribution in [1.29, 1.82) is 0 Å². The van der Waals surface area contributed by atoms with Crippen molar-refractivity contribution in [3.05, 3.63) is 46.7 Å². The Morgan fingerprint density at radius 1 is 1.40 bits per heavy atom. The summed E-state index contributed by atoms with van der Waals surface area (Å²) in [5.74, 6) is 0.178. The average molecular weight is 291 g/mol. The maximum absolute atomic E-state index is 12.0. The van der Waals surface area contributed by atoms with Gasteiger partial charge in [-0.1, -0.05) is 17.3 Å². The molecule has 0 aliphatic rings. The quantitative estimate of drug-likeness (QED) is 0.340. The molecule has 20 heavy (non-hydrogen) atoms. The number of anilines is 1. The second kappa shape index (κ2) is 6.58. The van der Waals surface area contributed by atoms with E-state index in [2.05, 4.69) is 10.5 Å². The van der Waals surface area contributed by atoms with Gasteiger partial charge in [0.1, 0.15) is 12.4 Å². The van der Waals surface area contributed by atoms with Crippen molar-refractivity contribution in [2.24, 2.45) is 10.9 Å². The standard InChI is InChI=1S/C13H13N3O3S/c14-12(16-18)7-19-11-4-2-1-3-10(11)15-13(17)9-5-6-20-8-9/h1-6,8,18H,7H2,(H2,14,16)(H,15,17). The van der Waals surface area contributed by atoms with Gasteiger partial charge in [0.05, 0.1) is 11.3 Å². The number of nitrogens with zero attached hydrogens (tertiary/aromatic N) is 1. The first-order valence-electron chi connectivity index (χ1n) is 5.72. The Kier molecular flexibility index (Phi) is 4.56. The molecule has 0 radical (unpaired) electrons. The zero-order valence-corrected chi connectivity index (χ0v) is 11.3. The second-order valence-electron chi connectivity index (χ2n) is 3.84. The Morgan fingerprint density at radius 2 is 2.20 bits per heavy atom. The predicted molar refractivity (Wildman–Crippen MR) is 77.6 cm³/mol. The fourth-order valence-electron chi connectivity index (χ4n) is 1.46. The van der Waals surface area contributed by atoms with Crippen LogP contribution in [0.25, 0.3) is 0 Å². The van der Waals surface area contributed by atoms with Gasteiger partial charge in [-0.15, -0.1) is 0 Å². The Hall–Kier alpha value is -2.54. The van der Waals surface area contributed by atoms with Gasteiger partial charge in [0.2, 0.25) is 0 Å². The van der Waals surface area contributed by atoms with Gasteiger partial charge in [-0.2, -0.15) is 11.3 Å². The van der Waals surface area contributed by atoms with Crippen molar-refractivity contribution < 1.29 is 14.7 Å². The van der Waals surface area contributed by atoms with E-state index in [9.17, 15) is 4.79 Å². The highest BCUT2D eigenvalue weighted by Crippen LogP contribution is 2.24. The van der Waals surface area contributed by atoms with Gasteiger partial charge in [0.15, 0.2) is 5.84 Å². The predicted octanol–water partition coefficient (Wildman–Crippen LogP) is 2.13. The maximum Gasteiger partial charge on any atom is 0.256 e. The lowest BCUT2D eigenvalue weighted by Crippen LogP contribution is -2.21. The number of nitrogens with two attached hydrogens (primary N) is 1. The molecule has 6 nitrogen and oxygen atoms in total. The molecule has 0 saturated heterocycles. The van der Waals surface area contributed by atoms with Crippen LogP contribution < -0.4 is 15.8 Å². The molecule has 0 aliphatic carbocycles. The number of thiophene rings is 1. The topological polar surface area (TPSA) is 96.9 Å². The van der Waals surface area contributed by atoms with Crippen molar-refractivity contribution >= 4 is 28.8 Å². The largest absolute Gasteiger partial charge is 0.483 e. The molecule has 0 bridgehead atoms. The van der Waals surface area contributed by atoms with Crippen molar-refractivity contribution in [3.63, 3.8) is 0 Å². The molecule has 0 saturated carbocycles.